The second-order valence-electron chi connectivity index (χ2n) is 4.46. The second-order valence-corrected chi connectivity index (χ2v) is 5.32. The Labute approximate surface area is 124 Å². The number of urea groups is 1. The third-order valence-electron chi connectivity index (χ3n) is 3.18. The number of carbonyl (C=O) groups is 2. The van der Waals surface area contributed by atoms with Crippen LogP contribution < -0.4 is 5.32 Å². The Hall–Kier alpha value is -1.60. The summed E-state index contributed by atoms with van der Waals surface area (Å²) >= 11 is 3.39. The van der Waals surface area contributed by atoms with Crippen LogP contribution in [-0.4, -0.2) is 47.8 Å². The summed E-state index contributed by atoms with van der Waals surface area (Å²) in [7, 11) is 0. The normalized spacial score (nSPS) is 18.7. The van der Waals surface area contributed by atoms with Gasteiger partial charge in [-0.25, -0.2) is 9.59 Å². The summed E-state index contributed by atoms with van der Waals surface area (Å²) < 4.78 is 5.99. The van der Waals surface area contributed by atoms with Crippen LogP contribution in [0.15, 0.2) is 22.7 Å². The lowest BCUT2D eigenvalue weighted by molar-refractivity contribution is -0.147. The molecule has 6 nitrogen and oxygen atoms in total. The Morgan fingerprint density at radius 2 is 2.25 bits per heavy atom. The first-order valence-corrected chi connectivity index (χ1v) is 6.93. The zero-order valence-corrected chi connectivity index (χ0v) is 12.5. The number of morpholine rings is 1. The van der Waals surface area contributed by atoms with Crippen LogP contribution in [-0.2, 0) is 9.53 Å². The number of benzene rings is 1. The number of hydrogen-bond acceptors (Lipinski definition) is 3. The Morgan fingerprint density at radius 3 is 2.95 bits per heavy atom. The van der Waals surface area contributed by atoms with E-state index < -0.39 is 18.0 Å². The number of nitrogens with zero attached hydrogens (tertiary/aromatic N) is 1. The molecule has 2 rings (SSSR count). The van der Waals surface area contributed by atoms with Gasteiger partial charge in [0.15, 0.2) is 6.04 Å². The third-order valence-corrected chi connectivity index (χ3v) is 4.04. The minimum absolute atomic E-state index is 0.0141. The summed E-state index contributed by atoms with van der Waals surface area (Å²) in [6, 6.07) is 4.08. The molecule has 1 unspecified atom stereocenters. The molecule has 1 fully saturated rings. The number of aliphatic carboxylic acids is 1. The lowest BCUT2D eigenvalue weighted by Crippen LogP contribution is -2.54. The SMILES string of the molecule is Cc1c(Br)cccc1NC(=O)N1CCOCC1C(=O)O. The van der Waals surface area contributed by atoms with Gasteiger partial charge in [0.25, 0.3) is 0 Å². The largest absolute Gasteiger partial charge is 0.480 e. The highest BCUT2D eigenvalue weighted by Crippen LogP contribution is 2.24. The monoisotopic (exact) mass is 342 g/mol. The summed E-state index contributed by atoms with van der Waals surface area (Å²) in [5.74, 6) is -1.06. The highest BCUT2D eigenvalue weighted by atomic mass is 79.9. The minimum atomic E-state index is -1.06. The molecule has 0 bridgehead atoms. The van der Waals surface area contributed by atoms with Crippen LogP contribution in [0.2, 0.25) is 0 Å². The van der Waals surface area contributed by atoms with E-state index in [1.807, 2.05) is 13.0 Å². The number of nitrogens with one attached hydrogen (secondary N) is 1. The maximum Gasteiger partial charge on any atom is 0.328 e. The fourth-order valence-electron chi connectivity index (χ4n) is 1.98. The smallest absolute Gasteiger partial charge is 0.328 e. The van der Waals surface area contributed by atoms with Crippen LogP contribution in [0, 0.1) is 6.92 Å². The van der Waals surface area contributed by atoms with Crippen LogP contribution in [0.1, 0.15) is 5.56 Å². The first kappa shape index (κ1) is 14.8. The van der Waals surface area contributed by atoms with E-state index in [4.69, 9.17) is 9.84 Å². The third kappa shape index (κ3) is 3.10. The number of ether oxygens (including phenoxy) is 1. The van der Waals surface area contributed by atoms with E-state index >= 15 is 0 Å². The van der Waals surface area contributed by atoms with Crippen molar-refractivity contribution in [1.29, 1.82) is 0 Å². The van der Waals surface area contributed by atoms with Crippen molar-refractivity contribution in [2.75, 3.05) is 25.1 Å². The van der Waals surface area contributed by atoms with Crippen molar-refractivity contribution in [3.63, 3.8) is 0 Å². The van der Waals surface area contributed by atoms with Crippen molar-refractivity contribution in [3.8, 4) is 0 Å². The second kappa shape index (κ2) is 6.23. The Morgan fingerprint density at radius 1 is 1.50 bits per heavy atom. The van der Waals surface area contributed by atoms with Crippen LogP contribution in [0.3, 0.4) is 0 Å². The van der Waals surface area contributed by atoms with Gasteiger partial charge in [0.2, 0.25) is 0 Å². The average Bonchev–Trinajstić information content (AvgIpc) is 2.43. The number of amides is 2. The zero-order chi connectivity index (χ0) is 14.7. The van der Waals surface area contributed by atoms with Gasteiger partial charge >= 0.3 is 12.0 Å². The Kier molecular flexibility index (Phi) is 4.61. The minimum Gasteiger partial charge on any atom is -0.480 e. The van der Waals surface area contributed by atoms with E-state index in [2.05, 4.69) is 21.2 Å². The lowest BCUT2D eigenvalue weighted by atomic mass is 10.2. The predicted octanol–water partition coefficient (Wildman–Crippen LogP) is 2.07. The van der Waals surface area contributed by atoms with E-state index in [-0.39, 0.29) is 13.2 Å². The van der Waals surface area contributed by atoms with Gasteiger partial charge in [-0.05, 0) is 24.6 Å². The number of carboxylic acid groups (broad SMARTS) is 1. The number of carbonyl (C=O) groups excluding carboxylic acids is 1. The topological polar surface area (TPSA) is 78.9 Å². The summed E-state index contributed by atoms with van der Waals surface area (Å²) in [4.78, 5) is 24.6. The molecule has 20 heavy (non-hydrogen) atoms. The van der Waals surface area contributed by atoms with Gasteiger partial charge in [-0.3, -0.25) is 0 Å². The molecule has 1 aliphatic rings. The Balaban J connectivity index is 2.14. The van der Waals surface area contributed by atoms with Gasteiger partial charge < -0.3 is 20.1 Å². The van der Waals surface area contributed by atoms with E-state index in [1.54, 1.807) is 12.1 Å². The van der Waals surface area contributed by atoms with Gasteiger partial charge in [0.05, 0.1) is 13.2 Å². The molecule has 7 heteroatoms. The van der Waals surface area contributed by atoms with Crippen molar-refractivity contribution in [2.45, 2.75) is 13.0 Å². The molecule has 1 aromatic rings. The van der Waals surface area contributed by atoms with Crippen molar-refractivity contribution in [1.82, 2.24) is 4.90 Å². The van der Waals surface area contributed by atoms with Crippen molar-refractivity contribution >= 4 is 33.6 Å². The first-order valence-electron chi connectivity index (χ1n) is 6.14. The maximum atomic E-state index is 12.2. The number of anilines is 1. The van der Waals surface area contributed by atoms with E-state index in [0.29, 0.717) is 12.3 Å². The van der Waals surface area contributed by atoms with Crippen LogP contribution >= 0.6 is 15.9 Å². The quantitative estimate of drug-likeness (QED) is 0.862. The summed E-state index contributed by atoms with van der Waals surface area (Å²) in [6.45, 7) is 2.48. The van der Waals surface area contributed by atoms with Crippen molar-refractivity contribution in [3.05, 3.63) is 28.2 Å². The molecule has 0 radical (unpaired) electrons. The molecule has 2 amide bonds. The van der Waals surface area contributed by atoms with Gasteiger partial charge in [-0.1, -0.05) is 22.0 Å². The number of hydrogen-bond donors (Lipinski definition) is 2. The molecule has 1 aliphatic heterocycles. The fraction of sp³-hybridized carbons (Fsp3) is 0.385. The predicted molar refractivity (Wildman–Crippen MR) is 76.8 cm³/mol. The maximum absolute atomic E-state index is 12.2. The number of rotatable bonds is 2. The molecule has 0 saturated carbocycles. The highest BCUT2D eigenvalue weighted by molar-refractivity contribution is 9.10. The van der Waals surface area contributed by atoms with Gasteiger partial charge in [-0.15, -0.1) is 0 Å². The van der Waals surface area contributed by atoms with Crippen LogP contribution in [0.5, 0.6) is 0 Å². The highest BCUT2D eigenvalue weighted by Gasteiger charge is 2.32. The molecular formula is C13H15BrN2O4. The number of halogens is 1. The van der Waals surface area contributed by atoms with Gasteiger partial charge in [0, 0.05) is 16.7 Å². The molecular weight excluding hydrogens is 328 g/mol. The van der Waals surface area contributed by atoms with Crippen molar-refractivity contribution in [2.24, 2.45) is 0 Å². The summed E-state index contributed by atoms with van der Waals surface area (Å²) in [5, 5.41) is 11.9. The molecule has 0 spiro atoms. The number of carboxylic acids is 1. The molecule has 1 atom stereocenters. The van der Waals surface area contributed by atoms with E-state index in [1.165, 1.54) is 4.90 Å². The molecule has 2 N–H and O–H groups in total. The molecule has 108 valence electrons. The fourth-order valence-corrected chi connectivity index (χ4v) is 2.35. The summed E-state index contributed by atoms with van der Waals surface area (Å²) in [5.41, 5.74) is 1.54. The first-order chi connectivity index (χ1) is 9.50. The molecule has 0 aliphatic carbocycles. The Bertz CT molecular complexity index is 535. The van der Waals surface area contributed by atoms with E-state index in [9.17, 15) is 9.59 Å². The standard InChI is InChI=1S/C13H15BrN2O4/c1-8-9(14)3-2-4-10(8)15-13(19)16-5-6-20-7-11(16)12(17)18/h2-4,11H,5-7H2,1H3,(H,15,19)(H,17,18). The molecule has 1 aromatic carbocycles. The summed E-state index contributed by atoms with van der Waals surface area (Å²) in [6.07, 6.45) is 0. The van der Waals surface area contributed by atoms with Gasteiger partial charge in [-0.2, -0.15) is 0 Å². The lowest BCUT2D eigenvalue weighted by Gasteiger charge is -2.32. The van der Waals surface area contributed by atoms with Crippen LogP contribution in [0.4, 0.5) is 10.5 Å². The van der Waals surface area contributed by atoms with Gasteiger partial charge in [0.1, 0.15) is 0 Å². The van der Waals surface area contributed by atoms with Crippen LogP contribution in [0.25, 0.3) is 0 Å². The van der Waals surface area contributed by atoms with E-state index in [0.717, 1.165) is 10.0 Å². The van der Waals surface area contributed by atoms with Crippen molar-refractivity contribution < 1.29 is 19.4 Å². The molecule has 1 saturated heterocycles. The average molecular weight is 343 g/mol. The molecule has 0 aromatic heterocycles. The zero-order valence-electron chi connectivity index (χ0n) is 10.9. The molecule has 1 heterocycles.